The lowest BCUT2D eigenvalue weighted by Crippen LogP contribution is -1.81. The number of rotatable bonds is 13. The zero-order valence-electron chi connectivity index (χ0n) is 19.1. The summed E-state index contributed by atoms with van der Waals surface area (Å²) in [6.45, 7) is 4.53. The number of hydrogen-bond acceptors (Lipinski definition) is 6. The quantitative estimate of drug-likeness (QED) is 0.171. The van der Waals surface area contributed by atoms with Crippen LogP contribution in [0.5, 0.6) is 0 Å². The first-order chi connectivity index (χ1) is 15.8. The molecular weight excluding hydrogens is 469 g/mol. The standard InChI is InChI=1S/C26H32N2S4/c1-3-5-7-9-11-19-13-21(29-17-19)23-15-27-25(31-23)26-28-16-24(32-26)22-14-20(18-30-22)12-10-8-6-4-2/h13-18H,3-12H2,1-2H3. The molecule has 0 radical (unpaired) electrons. The van der Waals surface area contributed by atoms with Crippen molar-refractivity contribution in [2.75, 3.05) is 0 Å². The number of thiazole rings is 2. The van der Waals surface area contributed by atoms with Crippen molar-refractivity contribution in [3.63, 3.8) is 0 Å². The SMILES string of the molecule is CCCCCCc1csc(-c2cnc(-c3ncc(-c4cc(CCCCCC)cs4)s3)s2)c1. The second kappa shape index (κ2) is 12.2. The van der Waals surface area contributed by atoms with Crippen LogP contribution in [0.3, 0.4) is 0 Å². The molecule has 0 unspecified atom stereocenters. The molecule has 0 spiro atoms. The van der Waals surface area contributed by atoms with Gasteiger partial charge >= 0.3 is 0 Å². The highest BCUT2D eigenvalue weighted by molar-refractivity contribution is 7.27. The highest BCUT2D eigenvalue weighted by Gasteiger charge is 2.14. The molecule has 0 aromatic carbocycles. The maximum Gasteiger partial charge on any atom is 0.152 e. The van der Waals surface area contributed by atoms with Crippen LogP contribution >= 0.6 is 45.3 Å². The van der Waals surface area contributed by atoms with Crippen LogP contribution in [0.25, 0.3) is 29.5 Å². The molecule has 4 rings (SSSR count). The van der Waals surface area contributed by atoms with E-state index in [4.69, 9.17) is 9.97 Å². The molecule has 0 N–H and O–H groups in total. The topological polar surface area (TPSA) is 25.8 Å². The third-order valence-electron chi connectivity index (χ3n) is 5.63. The Morgan fingerprint density at radius 1 is 0.594 bits per heavy atom. The average Bonchev–Trinajstić information content (AvgIpc) is 3.60. The first-order valence-electron chi connectivity index (χ1n) is 11.8. The Morgan fingerprint density at radius 3 is 1.50 bits per heavy atom. The van der Waals surface area contributed by atoms with Crippen molar-refractivity contribution in [2.24, 2.45) is 0 Å². The van der Waals surface area contributed by atoms with Crippen LogP contribution < -0.4 is 0 Å². The minimum atomic E-state index is 1.03. The fourth-order valence-corrected chi connectivity index (χ4v) is 7.69. The molecule has 0 aliphatic rings. The Labute approximate surface area is 208 Å². The third kappa shape index (κ3) is 6.37. The lowest BCUT2D eigenvalue weighted by molar-refractivity contribution is 0.667. The lowest BCUT2D eigenvalue weighted by Gasteiger charge is -1.96. The molecule has 0 saturated carbocycles. The van der Waals surface area contributed by atoms with Crippen molar-refractivity contribution in [1.29, 1.82) is 0 Å². The van der Waals surface area contributed by atoms with Gasteiger partial charge in [0.25, 0.3) is 0 Å². The van der Waals surface area contributed by atoms with E-state index in [9.17, 15) is 0 Å². The molecule has 0 atom stereocenters. The van der Waals surface area contributed by atoms with Crippen molar-refractivity contribution < 1.29 is 0 Å². The van der Waals surface area contributed by atoms with Gasteiger partial charge in [0.1, 0.15) is 0 Å². The Balaban J connectivity index is 1.37. The lowest BCUT2D eigenvalue weighted by atomic mass is 10.1. The first kappa shape index (κ1) is 23.8. The average molecular weight is 501 g/mol. The van der Waals surface area contributed by atoms with Gasteiger partial charge in [-0.25, -0.2) is 9.97 Å². The maximum absolute atomic E-state index is 4.71. The van der Waals surface area contributed by atoms with Crippen molar-refractivity contribution >= 4 is 45.3 Å². The van der Waals surface area contributed by atoms with Gasteiger partial charge in [-0.2, -0.15) is 0 Å². The van der Waals surface area contributed by atoms with Gasteiger partial charge in [0.05, 0.1) is 9.75 Å². The molecule has 0 aliphatic heterocycles. The van der Waals surface area contributed by atoms with Crippen molar-refractivity contribution in [1.82, 2.24) is 9.97 Å². The van der Waals surface area contributed by atoms with E-state index in [1.165, 1.54) is 94.8 Å². The molecule has 2 nitrogen and oxygen atoms in total. The second-order valence-corrected chi connectivity index (χ2v) is 12.2. The van der Waals surface area contributed by atoms with Crippen LogP contribution in [0.15, 0.2) is 35.3 Å². The Hall–Kier alpha value is -1.34. The summed E-state index contributed by atoms with van der Waals surface area (Å²) in [6.07, 6.45) is 17.0. The highest BCUT2D eigenvalue weighted by Crippen LogP contribution is 2.40. The minimum Gasteiger partial charge on any atom is -0.241 e. The third-order valence-corrected chi connectivity index (χ3v) is 10.1. The number of aromatic nitrogens is 2. The molecular formula is C26H32N2S4. The van der Waals surface area contributed by atoms with Crippen molar-refractivity contribution in [3.8, 4) is 29.5 Å². The predicted octanol–water partition coefficient (Wildman–Crippen LogP) is 9.97. The van der Waals surface area contributed by atoms with E-state index in [1.54, 1.807) is 22.7 Å². The van der Waals surface area contributed by atoms with Crippen molar-refractivity contribution in [2.45, 2.75) is 78.1 Å². The van der Waals surface area contributed by atoms with Crippen LogP contribution in [0, 0.1) is 0 Å². The van der Waals surface area contributed by atoms with Gasteiger partial charge in [0, 0.05) is 22.1 Å². The zero-order chi connectivity index (χ0) is 22.2. The summed E-state index contributed by atoms with van der Waals surface area (Å²) >= 11 is 7.22. The molecule has 4 aromatic heterocycles. The number of unbranched alkanes of at least 4 members (excludes halogenated alkanes) is 6. The van der Waals surface area contributed by atoms with Gasteiger partial charge in [-0.15, -0.1) is 45.3 Å². The second-order valence-electron chi connectivity index (χ2n) is 8.32. The van der Waals surface area contributed by atoms with E-state index in [-0.39, 0.29) is 0 Å². The zero-order valence-corrected chi connectivity index (χ0v) is 22.3. The Morgan fingerprint density at radius 2 is 1.06 bits per heavy atom. The summed E-state index contributed by atoms with van der Waals surface area (Å²) in [5.41, 5.74) is 2.94. The summed E-state index contributed by atoms with van der Waals surface area (Å²) in [7, 11) is 0. The van der Waals surface area contributed by atoms with E-state index in [0.717, 1.165) is 10.0 Å². The van der Waals surface area contributed by atoms with Crippen LogP contribution in [-0.2, 0) is 12.8 Å². The molecule has 0 fully saturated rings. The fraction of sp³-hybridized carbons (Fsp3) is 0.462. The number of thiophene rings is 2. The molecule has 0 saturated heterocycles. The van der Waals surface area contributed by atoms with Crippen LogP contribution in [0.1, 0.15) is 76.3 Å². The van der Waals surface area contributed by atoms with Gasteiger partial charge in [-0.1, -0.05) is 52.4 Å². The van der Waals surface area contributed by atoms with E-state index >= 15 is 0 Å². The molecule has 0 aliphatic carbocycles. The monoisotopic (exact) mass is 500 g/mol. The molecule has 6 heteroatoms. The van der Waals surface area contributed by atoms with Crippen molar-refractivity contribution in [3.05, 3.63) is 46.4 Å². The summed E-state index contributed by atoms with van der Waals surface area (Å²) in [6, 6.07) is 4.71. The Kier molecular flexibility index (Phi) is 9.09. The van der Waals surface area contributed by atoms with Gasteiger partial charge in [0.15, 0.2) is 10.0 Å². The smallest absolute Gasteiger partial charge is 0.152 e. The fourth-order valence-electron chi connectivity index (χ4n) is 3.76. The largest absolute Gasteiger partial charge is 0.241 e. The van der Waals surface area contributed by atoms with Gasteiger partial charge in [0.2, 0.25) is 0 Å². The molecule has 4 heterocycles. The van der Waals surface area contributed by atoms with E-state index in [0.29, 0.717) is 0 Å². The minimum absolute atomic E-state index is 1.03. The molecule has 0 bridgehead atoms. The number of aryl methyl sites for hydroxylation is 2. The molecule has 4 aromatic rings. The molecule has 170 valence electrons. The summed E-state index contributed by atoms with van der Waals surface area (Å²) in [4.78, 5) is 14.6. The number of hydrogen-bond donors (Lipinski definition) is 0. The summed E-state index contributed by atoms with van der Waals surface area (Å²) in [5.74, 6) is 0. The van der Waals surface area contributed by atoms with Gasteiger partial charge in [-0.3, -0.25) is 0 Å². The Bertz CT molecular complexity index is 998. The summed E-state index contributed by atoms with van der Waals surface area (Å²) in [5, 5.41) is 6.70. The highest BCUT2D eigenvalue weighted by atomic mass is 32.1. The number of nitrogens with zero attached hydrogens (tertiary/aromatic N) is 2. The maximum atomic E-state index is 4.71. The molecule has 0 amide bonds. The van der Waals surface area contributed by atoms with Crippen LogP contribution in [-0.4, -0.2) is 9.97 Å². The molecule has 32 heavy (non-hydrogen) atoms. The van der Waals surface area contributed by atoms with E-state index in [2.05, 4.69) is 36.7 Å². The predicted molar refractivity (Wildman–Crippen MR) is 146 cm³/mol. The van der Waals surface area contributed by atoms with Crippen LogP contribution in [0.4, 0.5) is 0 Å². The van der Waals surface area contributed by atoms with Gasteiger partial charge < -0.3 is 0 Å². The van der Waals surface area contributed by atoms with Gasteiger partial charge in [-0.05, 0) is 59.7 Å². The van der Waals surface area contributed by atoms with E-state index < -0.39 is 0 Å². The summed E-state index contributed by atoms with van der Waals surface area (Å²) < 4.78 is 0. The normalized spacial score (nSPS) is 11.4. The first-order valence-corrected chi connectivity index (χ1v) is 15.2. The van der Waals surface area contributed by atoms with E-state index in [1.807, 2.05) is 35.1 Å². The van der Waals surface area contributed by atoms with Crippen LogP contribution in [0.2, 0.25) is 0 Å².